The van der Waals surface area contributed by atoms with Gasteiger partial charge in [0, 0.05) is 38.4 Å². The minimum absolute atomic E-state index is 0.0961. The molecule has 1 aliphatic rings. The van der Waals surface area contributed by atoms with Crippen molar-refractivity contribution < 1.29 is 18.4 Å². The van der Waals surface area contributed by atoms with Crippen LogP contribution in [0.3, 0.4) is 0 Å². The van der Waals surface area contributed by atoms with Crippen LogP contribution in [0.5, 0.6) is 0 Å². The van der Waals surface area contributed by atoms with E-state index in [-0.39, 0.29) is 24.3 Å². The summed E-state index contributed by atoms with van der Waals surface area (Å²) in [4.78, 5) is 31.2. The third-order valence-electron chi connectivity index (χ3n) is 5.57. The number of hydrogen-bond acceptors (Lipinski definition) is 4. The van der Waals surface area contributed by atoms with Gasteiger partial charge >= 0.3 is 0 Å². The maximum absolute atomic E-state index is 13.3. The number of benzene rings is 1. The first-order valence-corrected chi connectivity index (χ1v) is 10.3. The summed E-state index contributed by atoms with van der Waals surface area (Å²) in [6.45, 7) is 1.40. The Morgan fingerprint density at radius 1 is 1.23 bits per heavy atom. The van der Waals surface area contributed by atoms with Crippen LogP contribution in [-0.4, -0.2) is 44.4 Å². The summed E-state index contributed by atoms with van der Waals surface area (Å²) in [5.41, 5.74) is 1.51. The maximum Gasteiger partial charge on any atom is 0.259 e. The third kappa shape index (κ3) is 4.87. The SMILES string of the molecule is O=C(CC[C@H]1CCCN(C(=O)c2cnn3cccnc23)C1)NCc1ccc(F)c(F)c1. The number of rotatable bonds is 6. The molecule has 1 N–H and O–H groups in total. The van der Waals surface area contributed by atoms with Crippen LogP contribution in [0.1, 0.15) is 41.6 Å². The van der Waals surface area contributed by atoms with Crippen molar-refractivity contribution in [2.24, 2.45) is 5.92 Å². The number of aromatic nitrogens is 3. The lowest BCUT2D eigenvalue weighted by molar-refractivity contribution is -0.121. The molecule has 3 heterocycles. The molecule has 0 aliphatic carbocycles. The smallest absolute Gasteiger partial charge is 0.259 e. The number of amides is 2. The first kappa shape index (κ1) is 20.9. The monoisotopic (exact) mass is 427 g/mol. The van der Waals surface area contributed by atoms with Crippen LogP contribution in [0.2, 0.25) is 0 Å². The van der Waals surface area contributed by atoms with E-state index in [0.717, 1.165) is 25.0 Å². The zero-order valence-electron chi connectivity index (χ0n) is 16.9. The Morgan fingerprint density at radius 3 is 2.94 bits per heavy atom. The highest BCUT2D eigenvalue weighted by atomic mass is 19.2. The lowest BCUT2D eigenvalue weighted by Crippen LogP contribution is -2.40. The van der Waals surface area contributed by atoms with Crippen molar-refractivity contribution >= 4 is 17.5 Å². The van der Waals surface area contributed by atoms with E-state index in [9.17, 15) is 18.4 Å². The van der Waals surface area contributed by atoms with Crippen LogP contribution in [0, 0.1) is 17.6 Å². The van der Waals surface area contributed by atoms with Gasteiger partial charge in [-0.05, 0) is 48.9 Å². The van der Waals surface area contributed by atoms with Gasteiger partial charge < -0.3 is 10.2 Å². The normalized spacial score (nSPS) is 16.5. The average molecular weight is 427 g/mol. The first-order chi connectivity index (χ1) is 15.0. The van der Waals surface area contributed by atoms with E-state index >= 15 is 0 Å². The Kier molecular flexibility index (Phi) is 6.20. The second kappa shape index (κ2) is 9.20. The van der Waals surface area contributed by atoms with E-state index in [0.29, 0.717) is 42.7 Å². The molecule has 9 heteroatoms. The standard InChI is InChI=1S/C22H23F2N5O2/c23-18-6-4-16(11-19(18)24)12-26-20(30)7-5-15-3-1-9-28(14-15)22(31)17-13-27-29-10-2-8-25-21(17)29/h2,4,6,8,10-11,13,15H,1,3,5,7,9,12,14H2,(H,26,30)/t15-/m1/s1. The van der Waals surface area contributed by atoms with Gasteiger partial charge in [0.25, 0.3) is 5.91 Å². The van der Waals surface area contributed by atoms with Crippen LogP contribution in [0.15, 0.2) is 42.9 Å². The fourth-order valence-corrected chi connectivity index (χ4v) is 3.91. The number of carbonyl (C=O) groups is 2. The van der Waals surface area contributed by atoms with Crippen LogP contribution in [0.4, 0.5) is 8.78 Å². The topological polar surface area (TPSA) is 79.6 Å². The molecule has 2 aromatic heterocycles. The molecule has 1 aromatic carbocycles. The summed E-state index contributed by atoms with van der Waals surface area (Å²) in [6, 6.07) is 5.32. The molecule has 1 aliphatic heterocycles. The summed E-state index contributed by atoms with van der Waals surface area (Å²) < 4.78 is 27.8. The summed E-state index contributed by atoms with van der Waals surface area (Å²) in [6.07, 6.45) is 7.71. The number of nitrogens with zero attached hydrogens (tertiary/aromatic N) is 4. The van der Waals surface area contributed by atoms with Crippen LogP contribution < -0.4 is 5.32 Å². The molecule has 0 spiro atoms. The van der Waals surface area contributed by atoms with Gasteiger partial charge in [-0.3, -0.25) is 9.59 Å². The number of fused-ring (bicyclic) bond motifs is 1. The van der Waals surface area contributed by atoms with E-state index < -0.39 is 11.6 Å². The average Bonchev–Trinajstić information content (AvgIpc) is 3.22. The molecule has 0 radical (unpaired) electrons. The molecular formula is C22H23F2N5O2. The molecule has 1 atom stereocenters. The molecule has 0 saturated carbocycles. The number of nitrogens with one attached hydrogen (secondary N) is 1. The van der Waals surface area contributed by atoms with Crippen molar-refractivity contribution in [2.45, 2.75) is 32.2 Å². The molecule has 162 valence electrons. The molecule has 1 fully saturated rings. The molecule has 7 nitrogen and oxygen atoms in total. The second-order valence-corrected chi connectivity index (χ2v) is 7.77. The Morgan fingerprint density at radius 2 is 2.10 bits per heavy atom. The third-order valence-corrected chi connectivity index (χ3v) is 5.57. The van der Waals surface area contributed by atoms with E-state index in [1.807, 2.05) is 0 Å². The number of likely N-dealkylation sites (tertiary alicyclic amines) is 1. The summed E-state index contributed by atoms with van der Waals surface area (Å²) in [5.74, 6) is -1.87. The lowest BCUT2D eigenvalue weighted by atomic mass is 9.93. The van der Waals surface area contributed by atoms with Crippen LogP contribution in [0.25, 0.3) is 5.65 Å². The lowest BCUT2D eigenvalue weighted by Gasteiger charge is -2.32. The number of halogens is 2. The highest BCUT2D eigenvalue weighted by Gasteiger charge is 2.27. The highest BCUT2D eigenvalue weighted by molar-refractivity contribution is 5.99. The van der Waals surface area contributed by atoms with Gasteiger partial charge in [-0.15, -0.1) is 0 Å². The van der Waals surface area contributed by atoms with E-state index in [1.54, 1.807) is 34.1 Å². The largest absolute Gasteiger partial charge is 0.352 e. The van der Waals surface area contributed by atoms with Gasteiger partial charge in [0.2, 0.25) is 5.91 Å². The fraction of sp³-hybridized carbons (Fsp3) is 0.364. The molecule has 2 amide bonds. The van der Waals surface area contributed by atoms with Crippen molar-refractivity contribution in [3.05, 3.63) is 65.6 Å². The van der Waals surface area contributed by atoms with Gasteiger partial charge in [0.15, 0.2) is 17.3 Å². The van der Waals surface area contributed by atoms with Crippen molar-refractivity contribution in [1.82, 2.24) is 24.8 Å². The zero-order valence-corrected chi connectivity index (χ0v) is 16.9. The number of piperidine rings is 1. The quantitative estimate of drug-likeness (QED) is 0.656. The van der Waals surface area contributed by atoms with E-state index in [2.05, 4.69) is 15.4 Å². The van der Waals surface area contributed by atoms with E-state index in [1.165, 1.54) is 6.07 Å². The van der Waals surface area contributed by atoms with Crippen molar-refractivity contribution in [1.29, 1.82) is 0 Å². The summed E-state index contributed by atoms with van der Waals surface area (Å²) in [5, 5.41) is 6.91. The molecule has 31 heavy (non-hydrogen) atoms. The minimum atomic E-state index is -0.930. The van der Waals surface area contributed by atoms with Crippen molar-refractivity contribution in [2.75, 3.05) is 13.1 Å². The second-order valence-electron chi connectivity index (χ2n) is 7.77. The summed E-state index contributed by atoms with van der Waals surface area (Å²) in [7, 11) is 0. The van der Waals surface area contributed by atoms with Gasteiger partial charge in [-0.2, -0.15) is 5.10 Å². The van der Waals surface area contributed by atoms with Crippen molar-refractivity contribution in [3.8, 4) is 0 Å². The van der Waals surface area contributed by atoms with Gasteiger partial charge in [-0.1, -0.05) is 6.07 Å². The Hall–Kier alpha value is -3.36. The van der Waals surface area contributed by atoms with E-state index in [4.69, 9.17) is 0 Å². The molecular weight excluding hydrogens is 404 g/mol. The first-order valence-electron chi connectivity index (χ1n) is 10.3. The Labute approximate surface area is 178 Å². The van der Waals surface area contributed by atoms with Crippen LogP contribution >= 0.6 is 0 Å². The molecule has 0 bridgehead atoms. The number of carbonyl (C=O) groups excluding carboxylic acids is 2. The van der Waals surface area contributed by atoms with Crippen molar-refractivity contribution in [3.63, 3.8) is 0 Å². The zero-order chi connectivity index (χ0) is 21.8. The fourth-order valence-electron chi connectivity index (χ4n) is 3.91. The number of hydrogen-bond donors (Lipinski definition) is 1. The maximum atomic E-state index is 13.3. The van der Waals surface area contributed by atoms with Gasteiger partial charge in [0.05, 0.1) is 6.20 Å². The van der Waals surface area contributed by atoms with Gasteiger partial charge in [-0.25, -0.2) is 18.3 Å². The Balaban J connectivity index is 1.28. The minimum Gasteiger partial charge on any atom is -0.352 e. The van der Waals surface area contributed by atoms with Crippen LogP contribution in [-0.2, 0) is 11.3 Å². The molecule has 4 rings (SSSR count). The predicted molar refractivity (Wildman–Crippen MR) is 109 cm³/mol. The Bertz CT molecular complexity index is 1100. The van der Waals surface area contributed by atoms with Gasteiger partial charge in [0.1, 0.15) is 5.56 Å². The molecule has 3 aromatic rings. The molecule has 0 unspecified atom stereocenters. The molecule has 1 saturated heterocycles. The highest BCUT2D eigenvalue weighted by Crippen LogP contribution is 2.23. The summed E-state index contributed by atoms with van der Waals surface area (Å²) >= 11 is 0. The predicted octanol–water partition coefficient (Wildman–Crippen LogP) is 2.96.